The van der Waals surface area contributed by atoms with Gasteiger partial charge in [0.05, 0.1) is 18.8 Å². The lowest BCUT2D eigenvalue weighted by Gasteiger charge is -2.18. The summed E-state index contributed by atoms with van der Waals surface area (Å²) in [7, 11) is 0. The van der Waals surface area contributed by atoms with E-state index in [1.54, 1.807) is 17.0 Å². The molecule has 0 saturated heterocycles. The van der Waals surface area contributed by atoms with Crippen LogP contribution in [0, 0.1) is 0 Å². The maximum absolute atomic E-state index is 13.0. The maximum Gasteiger partial charge on any atom is 0.416 e. The van der Waals surface area contributed by atoms with E-state index in [2.05, 4.69) is 5.32 Å². The van der Waals surface area contributed by atoms with Crippen LogP contribution in [0.4, 0.5) is 18.9 Å². The van der Waals surface area contributed by atoms with Crippen molar-refractivity contribution in [3.8, 4) is 5.75 Å². The van der Waals surface area contributed by atoms with Crippen molar-refractivity contribution >= 4 is 17.2 Å². The minimum Gasteiger partial charge on any atom is -0.493 e. The van der Waals surface area contributed by atoms with Gasteiger partial charge in [0, 0.05) is 36.0 Å². The van der Waals surface area contributed by atoms with Gasteiger partial charge in [-0.15, -0.1) is 0 Å². The van der Waals surface area contributed by atoms with E-state index in [0.29, 0.717) is 48.3 Å². The normalized spacial score (nSPS) is 19.8. The number of hydrogen-bond acceptors (Lipinski definition) is 5. The van der Waals surface area contributed by atoms with Gasteiger partial charge in [0.1, 0.15) is 12.0 Å². The number of hydrogen-bond donors (Lipinski definition) is 3. The van der Waals surface area contributed by atoms with Crippen molar-refractivity contribution < 1.29 is 32.9 Å². The number of aliphatic hydroxyl groups excluding tert-OH is 2. The van der Waals surface area contributed by atoms with Crippen molar-refractivity contribution in [3.05, 3.63) is 64.7 Å². The molecule has 0 spiro atoms. The van der Waals surface area contributed by atoms with Crippen LogP contribution in [0.5, 0.6) is 5.75 Å². The van der Waals surface area contributed by atoms with Gasteiger partial charge in [-0.3, -0.25) is 9.69 Å². The highest BCUT2D eigenvalue weighted by atomic mass is 19.4. The fourth-order valence-corrected chi connectivity index (χ4v) is 4.04. The Bertz CT molecular complexity index is 1050. The molecule has 3 N–H and O–H groups in total. The number of carbonyl (C=O) groups excluding carboxylic acids is 1. The molecule has 0 fully saturated rings. The average molecular weight is 448 g/mol. The number of nitrogens with one attached hydrogen (secondary N) is 1. The predicted molar refractivity (Wildman–Crippen MR) is 112 cm³/mol. The molecule has 0 bridgehead atoms. The lowest BCUT2D eigenvalue weighted by atomic mass is 9.99. The topological polar surface area (TPSA) is 82.0 Å². The molecule has 0 aliphatic carbocycles. The first kappa shape index (κ1) is 22.3. The zero-order valence-corrected chi connectivity index (χ0v) is 17.2. The quantitative estimate of drug-likeness (QED) is 0.622. The van der Waals surface area contributed by atoms with E-state index in [-0.39, 0.29) is 19.0 Å². The third kappa shape index (κ3) is 4.64. The van der Waals surface area contributed by atoms with Crippen LogP contribution in [0.2, 0.25) is 0 Å². The van der Waals surface area contributed by atoms with Crippen LogP contribution in [0.3, 0.4) is 0 Å². The molecule has 2 aliphatic rings. The molecule has 1 unspecified atom stereocenters. The fourth-order valence-electron chi connectivity index (χ4n) is 4.04. The first-order chi connectivity index (χ1) is 15.3. The smallest absolute Gasteiger partial charge is 0.416 e. The lowest BCUT2D eigenvalue weighted by molar-refractivity contribution is -0.137. The molecular weight excluding hydrogens is 425 g/mol. The van der Waals surface area contributed by atoms with Gasteiger partial charge in [-0.1, -0.05) is 12.1 Å². The number of aliphatic hydroxyl groups is 2. The third-order valence-electron chi connectivity index (χ3n) is 5.61. The van der Waals surface area contributed by atoms with E-state index in [9.17, 15) is 23.1 Å². The standard InChI is InChI=1S/C23H23F3N2O4/c24-23(25,26)16-4-6-18-14(2-1-9-32-20(18)11-16)10-21(30)27-17-5-3-15-13-28(7-8-29)22(31)19(15)12-17/h3-6,10-12,22,29,31H,1-2,7-9,13H2,(H,27,30)/b14-10+. The molecule has 2 aromatic carbocycles. The van der Waals surface area contributed by atoms with E-state index in [0.717, 1.165) is 17.7 Å². The zero-order chi connectivity index (χ0) is 22.9. The molecule has 0 radical (unpaired) electrons. The summed E-state index contributed by atoms with van der Waals surface area (Å²) in [5, 5.41) is 22.3. The SMILES string of the molecule is O=C(/C=C1\CCCOc2cc(C(F)(F)F)ccc21)Nc1ccc2c(c1)C(O)N(CCO)C2. The fraction of sp³-hybridized carbons (Fsp3) is 0.348. The van der Waals surface area contributed by atoms with Gasteiger partial charge in [-0.2, -0.15) is 13.2 Å². The monoisotopic (exact) mass is 448 g/mol. The number of carbonyl (C=O) groups is 1. The first-order valence-electron chi connectivity index (χ1n) is 10.3. The Labute approximate surface area is 182 Å². The van der Waals surface area contributed by atoms with Crippen molar-refractivity contribution in [3.63, 3.8) is 0 Å². The van der Waals surface area contributed by atoms with Crippen LogP contribution >= 0.6 is 0 Å². The highest BCUT2D eigenvalue weighted by molar-refractivity contribution is 6.04. The van der Waals surface area contributed by atoms with Crippen LogP contribution in [0.25, 0.3) is 5.57 Å². The number of benzene rings is 2. The minimum atomic E-state index is -4.48. The molecular formula is C23H23F3N2O4. The van der Waals surface area contributed by atoms with Gasteiger partial charge in [-0.05, 0) is 48.2 Å². The Morgan fingerprint density at radius 3 is 2.81 bits per heavy atom. The van der Waals surface area contributed by atoms with Crippen LogP contribution in [0.15, 0.2) is 42.5 Å². The Kier molecular flexibility index (Phi) is 6.23. The molecule has 32 heavy (non-hydrogen) atoms. The van der Waals surface area contributed by atoms with Gasteiger partial charge in [-0.25, -0.2) is 0 Å². The number of alkyl halides is 3. The molecule has 1 atom stereocenters. The summed E-state index contributed by atoms with van der Waals surface area (Å²) in [5.41, 5.74) is 2.34. The van der Waals surface area contributed by atoms with Crippen molar-refractivity contribution in [2.45, 2.75) is 31.8 Å². The Morgan fingerprint density at radius 2 is 2.06 bits per heavy atom. The molecule has 4 rings (SSSR count). The second kappa shape index (κ2) is 8.93. The van der Waals surface area contributed by atoms with Crippen LogP contribution in [0.1, 0.15) is 41.3 Å². The largest absolute Gasteiger partial charge is 0.493 e. The summed E-state index contributed by atoms with van der Waals surface area (Å²) < 4.78 is 44.6. The van der Waals surface area contributed by atoms with E-state index in [4.69, 9.17) is 9.84 Å². The molecule has 9 heteroatoms. The van der Waals surface area contributed by atoms with Crippen LogP contribution in [-0.2, 0) is 17.5 Å². The molecule has 0 saturated carbocycles. The van der Waals surface area contributed by atoms with Gasteiger partial charge in [0.25, 0.3) is 0 Å². The molecule has 0 aromatic heterocycles. The van der Waals surface area contributed by atoms with Crippen molar-refractivity contribution in [2.24, 2.45) is 0 Å². The highest BCUT2D eigenvalue weighted by Gasteiger charge is 2.32. The number of allylic oxidation sites excluding steroid dienone is 1. The van der Waals surface area contributed by atoms with Gasteiger partial charge >= 0.3 is 6.18 Å². The number of ether oxygens (including phenoxy) is 1. The number of fused-ring (bicyclic) bond motifs is 2. The first-order valence-corrected chi connectivity index (χ1v) is 10.3. The van der Waals surface area contributed by atoms with Crippen molar-refractivity contribution in [2.75, 3.05) is 25.1 Å². The van der Waals surface area contributed by atoms with E-state index < -0.39 is 23.9 Å². The van der Waals surface area contributed by atoms with Crippen LogP contribution < -0.4 is 10.1 Å². The van der Waals surface area contributed by atoms with Gasteiger partial charge in [0.15, 0.2) is 0 Å². The second-order valence-electron chi connectivity index (χ2n) is 7.80. The number of rotatable bonds is 4. The molecule has 170 valence electrons. The molecule has 2 heterocycles. The number of anilines is 1. The minimum absolute atomic E-state index is 0.0716. The van der Waals surface area contributed by atoms with E-state index >= 15 is 0 Å². The number of β-amino-alcohol motifs (C(OH)–C–C–N with tert-alkyl or cyclic N) is 1. The lowest BCUT2D eigenvalue weighted by Crippen LogP contribution is -2.25. The molecule has 1 amide bonds. The summed E-state index contributed by atoms with van der Waals surface area (Å²) >= 11 is 0. The zero-order valence-electron chi connectivity index (χ0n) is 17.2. The third-order valence-corrected chi connectivity index (χ3v) is 5.61. The summed E-state index contributed by atoms with van der Waals surface area (Å²) in [6.07, 6.45) is -2.90. The Balaban J connectivity index is 1.54. The van der Waals surface area contributed by atoms with E-state index in [1.165, 1.54) is 12.1 Å². The summed E-state index contributed by atoms with van der Waals surface area (Å²) in [4.78, 5) is 14.4. The summed E-state index contributed by atoms with van der Waals surface area (Å²) in [5.74, 6) is -0.312. The number of nitrogens with zero attached hydrogens (tertiary/aromatic N) is 1. The van der Waals surface area contributed by atoms with Crippen molar-refractivity contribution in [1.82, 2.24) is 4.90 Å². The molecule has 6 nitrogen and oxygen atoms in total. The number of amides is 1. The summed E-state index contributed by atoms with van der Waals surface area (Å²) in [6, 6.07) is 8.51. The maximum atomic E-state index is 13.0. The molecule has 2 aromatic rings. The highest BCUT2D eigenvalue weighted by Crippen LogP contribution is 2.38. The summed E-state index contributed by atoms with van der Waals surface area (Å²) in [6.45, 7) is 1.03. The van der Waals surface area contributed by atoms with Gasteiger partial charge < -0.3 is 20.3 Å². The van der Waals surface area contributed by atoms with Gasteiger partial charge in [0.2, 0.25) is 5.91 Å². The average Bonchev–Trinajstić information content (AvgIpc) is 2.92. The Morgan fingerprint density at radius 1 is 1.25 bits per heavy atom. The van der Waals surface area contributed by atoms with Crippen LogP contribution in [-0.4, -0.2) is 40.8 Å². The Hall–Kier alpha value is -2.88. The number of halogens is 3. The van der Waals surface area contributed by atoms with E-state index in [1.807, 2.05) is 6.07 Å². The molecule has 2 aliphatic heterocycles. The van der Waals surface area contributed by atoms with Crippen molar-refractivity contribution in [1.29, 1.82) is 0 Å². The second-order valence-corrected chi connectivity index (χ2v) is 7.80. The predicted octanol–water partition coefficient (Wildman–Crippen LogP) is 3.70.